The first-order valence-electron chi connectivity index (χ1n) is 6.42. The van der Waals surface area contributed by atoms with Crippen LogP contribution in [0.3, 0.4) is 0 Å². The number of amides is 1. The van der Waals surface area contributed by atoms with Crippen LogP contribution in [0.5, 0.6) is 0 Å². The topological polar surface area (TPSA) is 56.2 Å². The molecule has 1 saturated heterocycles. The highest BCUT2D eigenvalue weighted by molar-refractivity contribution is 6.30. The number of benzene rings is 1. The molecule has 104 valence electrons. The fourth-order valence-electron chi connectivity index (χ4n) is 2.19. The average Bonchev–Trinajstić information content (AvgIpc) is 3.13. The van der Waals surface area contributed by atoms with Gasteiger partial charge in [-0.15, -0.1) is 0 Å². The molecule has 1 atom stereocenters. The van der Waals surface area contributed by atoms with Crippen LogP contribution in [-0.2, 0) is 9.53 Å². The second kappa shape index (κ2) is 5.64. The van der Waals surface area contributed by atoms with Gasteiger partial charge in [0.05, 0.1) is 23.9 Å². The van der Waals surface area contributed by atoms with Crippen LogP contribution in [0.1, 0.15) is 6.42 Å². The Hall–Kier alpha value is -1.85. The summed E-state index contributed by atoms with van der Waals surface area (Å²) in [6.07, 6.45) is 4.24. The molecule has 0 saturated carbocycles. The number of carbonyl (C=O) groups is 1. The van der Waals surface area contributed by atoms with Crippen LogP contribution in [-0.4, -0.2) is 28.9 Å². The number of hydrogen-bond acceptors (Lipinski definition) is 3. The van der Waals surface area contributed by atoms with Crippen LogP contribution in [0.4, 0.5) is 5.69 Å². The minimum atomic E-state index is -0.0869. The van der Waals surface area contributed by atoms with Crippen LogP contribution in [0, 0.1) is 5.92 Å². The molecular weight excluding hydrogens is 278 g/mol. The maximum absolute atomic E-state index is 12.2. The van der Waals surface area contributed by atoms with E-state index in [0.717, 1.165) is 12.1 Å². The maximum Gasteiger partial charge on any atom is 0.229 e. The number of carbonyl (C=O) groups excluding carboxylic acids is 1. The molecule has 1 fully saturated rings. The molecule has 1 aliphatic heterocycles. The van der Waals surface area contributed by atoms with Crippen molar-refractivity contribution in [3.8, 4) is 5.69 Å². The molecule has 0 unspecified atom stereocenters. The molecule has 2 heterocycles. The summed E-state index contributed by atoms with van der Waals surface area (Å²) in [7, 11) is 0. The number of nitrogens with one attached hydrogen (secondary N) is 1. The number of hydrogen-bond donors (Lipinski definition) is 1. The number of nitrogens with zero attached hydrogens (tertiary/aromatic N) is 2. The number of ether oxygens (including phenoxy) is 1. The molecule has 0 radical (unpaired) electrons. The second-order valence-electron chi connectivity index (χ2n) is 4.66. The van der Waals surface area contributed by atoms with Gasteiger partial charge in [0, 0.05) is 24.0 Å². The van der Waals surface area contributed by atoms with Crippen molar-refractivity contribution in [1.82, 2.24) is 9.78 Å². The summed E-state index contributed by atoms with van der Waals surface area (Å²) in [6.45, 7) is 1.13. The molecule has 1 amide bonds. The monoisotopic (exact) mass is 291 g/mol. The van der Waals surface area contributed by atoms with Crippen molar-refractivity contribution in [2.45, 2.75) is 6.42 Å². The highest BCUT2D eigenvalue weighted by Crippen LogP contribution is 2.25. The molecule has 20 heavy (non-hydrogen) atoms. The smallest absolute Gasteiger partial charge is 0.229 e. The first-order chi connectivity index (χ1) is 9.74. The van der Waals surface area contributed by atoms with Gasteiger partial charge in [-0.2, -0.15) is 5.10 Å². The molecule has 1 N–H and O–H groups in total. The van der Waals surface area contributed by atoms with Crippen LogP contribution < -0.4 is 5.32 Å². The lowest BCUT2D eigenvalue weighted by Gasteiger charge is -2.13. The summed E-state index contributed by atoms with van der Waals surface area (Å²) < 4.78 is 6.91. The zero-order valence-corrected chi connectivity index (χ0v) is 11.5. The van der Waals surface area contributed by atoms with Gasteiger partial charge in [0.2, 0.25) is 5.91 Å². The third-order valence-electron chi connectivity index (χ3n) is 3.27. The van der Waals surface area contributed by atoms with Crippen molar-refractivity contribution in [3.63, 3.8) is 0 Å². The summed E-state index contributed by atoms with van der Waals surface area (Å²) in [5.41, 5.74) is 1.43. The molecule has 1 aromatic heterocycles. The third kappa shape index (κ3) is 2.69. The van der Waals surface area contributed by atoms with E-state index in [2.05, 4.69) is 10.4 Å². The zero-order chi connectivity index (χ0) is 13.9. The van der Waals surface area contributed by atoms with Crippen molar-refractivity contribution in [3.05, 3.63) is 41.7 Å². The fourth-order valence-corrected chi connectivity index (χ4v) is 2.35. The van der Waals surface area contributed by atoms with Gasteiger partial charge in [-0.25, -0.2) is 4.68 Å². The fraction of sp³-hybridized carbons (Fsp3) is 0.286. The summed E-state index contributed by atoms with van der Waals surface area (Å²) in [5.74, 6) is -0.116. The van der Waals surface area contributed by atoms with Gasteiger partial charge in [0.1, 0.15) is 0 Å². The van der Waals surface area contributed by atoms with E-state index in [1.54, 1.807) is 35.3 Å². The normalized spacial score (nSPS) is 18.1. The van der Waals surface area contributed by atoms with Crippen molar-refractivity contribution < 1.29 is 9.53 Å². The van der Waals surface area contributed by atoms with Crippen molar-refractivity contribution in [2.75, 3.05) is 18.5 Å². The maximum atomic E-state index is 12.2. The molecule has 5 nitrogen and oxygen atoms in total. The Morgan fingerprint density at radius 3 is 3.10 bits per heavy atom. The second-order valence-corrected chi connectivity index (χ2v) is 5.10. The Morgan fingerprint density at radius 1 is 1.50 bits per heavy atom. The van der Waals surface area contributed by atoms with Crippen molar-refractivity contribution in [1.29, 1.82) is 0 Å². The Labute approximate surface area is 121 Å². The average molecular weight is 292 g/mol. The van der Waals surface area contributed by atoms with E-state index in [0.29, 0.717) is 23.9 Å². The van der Waals surface area contributed by atoms with Crippen LogP contribution >= 0.6 is 11.6 Å². The largest absolute Gasteiger partial charge is 0.381 e. The van der Waals surface area contributed by atoms with Crippen molar-refractivity contribution >= 4 is 23.2 Å². The SMILES string of the molecule is O=C(Nc1ccc(Cl)cc1-n1cccn1)[C@H]1CCOC1. The first-order valence-corrected chi connectivity index (χ1v) is 6.80. The number of halogens is 1. The summed E-state index contributed by atoms with van der Waals surface area (Å²) in [5, 5.41) is 7.70. The van der Waals surface area contributed by atoms with Gasteiger partial charge < -0.3 is 10.1 Å². The molecule has 1 aromatic carbocycles. The van der Waals surface area contributed by atoms with Crippen LogP contribution in [0.2, 0.25) is 5.02 Å². The van der Waals surface area contributed by atoms with E-state index in [-0.39, 0.29) is 11.8 Å². The standard InChI is InChI=1S/C14H14ClN3O2/c15-11-2-3-12(13(8-11)18-6-1-5-16-18)17-14(19)10-4-7-20-9-10/h1-3,5-6,8,10H,4,7,9H2,(H,17,19)/t10-/m0/s1. The predicted molar refractivity (Wildman–Crippen MR) is 76.1 cm³/mol. The lowest BCUT2D eigenvalue weighted by atomic mass is 10.1. The molecule has 6 heteroatoms. The molecule has 0 spiro atoms. The molecule has 2 aromatic rings. The Balaban J connectivity index is 1.87. The van der Waals surface area contributed by atoms with E-state index < -0.39 is 0 Å². The van der Waals surface area contributed by atoms with E-state index in [1.807, 2.05) is 6.07 Å². The van der Waals surface area contributed by atoms with Gasteiger partial charge in [0.15, 0.2) is 0 Å². The van der Waals surface area contributed by atoms with E-state index >= 15 is 0 Å². The minimum absolute atomic E-state index is 0.0294. The van der Waals surface area contributed by atoms with Gasteiger partial charge in [0.25, 0.3) is 0 Å². The van der Waals surface area contributed by atoms with Gasteiger partial charge >= 0.3 is 0 Å². The molecule has 1 aliphatic rings. The van der Waals surface area contributed by atoms with Gasteiger partial charge in [-0.1, -0.05) is 11.6 Å². The highest BCUT2D eigenvalue weighted by Gasteiger charge is 2.24. The number of aromatic nitrogens is 2. The number of anilines is 1. The minimum Gasteiger partial charge on any atom is -0.381 e. The first kappa shape index (κ1) is 13.1. The van der Waals surface area contributed by atoms with Crippen LogP contribution in [0.15, 0.2) is 36.7 Å². The summed E-state index contributed by atoms with van der Waals surface area (Å²) in [4.78, 5) is 12.2. The lowest BCUT2D eigenvalue weighted by Crippen LogP contribution is -2.23. The Morgan fingerprint density at radius 2 is 2.40 bits per heavy atom. The molecule has 0 aliphatic carbocycles. The molecular formula is C14H14ClN3O2. The van der Waals surface area contributed by atoms with Crippen molar-refractivity contribution in [2.24, 2.45) is 5.92 Å². The van der Waals surface area contributed by atoms with E-state index in [1.165, 1.54) is 0 Å². The van der Waals surface area contributed by atoms with Gasteiger partial charge in [-0.3, -0.25) is 4.79 Å². The molecule has 3 rings (SSSR count). The third-order valence-corrected chi connectivity index (χ3v) is 3.50. The quantitative estimate of drug-likeness (QED) is 0.945. The summed E-state index contributed by atoms with van der Waals surface area (Å²) >= 11 is 6.02. The molecule has 0 bridgehead atoms. The number of rotatable bonds is 3. The van der Waals surface area contributed by atoms with Crippen LogP contribution in [0.25, 0.3) is 5.69 Å². The van der Waals surface area contributed by atoms with E-state index in [4.69, 9.17) is 16.3 Å². The Kier molecular flexibility index (Phi) is 3.71. The van der Waals surface area contributed by atoms with Gasteiger partial charge in [-0.05, 0) is 30.7 Å². The Bertz CT molecular complexity index is 607. The zero-order valence-electron chi connectivity index (χ0n) is 10.8. The summed E-state index contributed by atoms with van der Waals surface area (Å²) in [6, 6.07) is 7.12. The predicted octanol–water partition coefficient (Wildman–Crippen LogP) is 2.50. The lowest BCUT2D eigenvalue weighted by molar-refractivity contribution is -0.119. The highest BCUT2D eigenvalue weighted by atomic mass is 35.5. The van der Waals surface area contributed by atoms with E-state index in [9.17, 15) is 4.79 Å².